The molecule has 0 radical (unpaired) electrons. The molecule has 1 N–H and O–H groups in total. The quantitative estimate of drug-likeness (QED) is 0.530. The molecule has 2 aliphatic rings. The fourth-order valence-corrected chi connectivity index (χ4v) is 7.52. The fourth-order valence-electron chi connectivity index (χ4n) is 4.71. The van der Waals surface area contributed by atoms with Crippen LogP contribution in [0.5, 0.6) is 0 Å². The third kappa shape index (κ3) is 5.33. The van der Waals surface area contributed by atoms with Crippen molar-refractivity contribution >= 4 is 32.4 Å². The Morgan fingerprint density at radius 2 is 1.83 bits per heavy atom. The van der Waals surface area contributed by atoms with Gasteiger partial charge >= 0.3 is 0 Å². The van der Waals surface area contributed by atoms with Gasteiger partial charge in [0.15, 0.2) is 5.13 Å². The summed E-state index contributed by atoms with van der Waals surface area (Å²) in [6, 6.07) is 15.3. The number of amides is 1. The van der Waals surface area contributed by atoms with Crippen LogP contribution in [0.3, 0.4) is 0 Å². The molecule has 1 amide bonds. The lowest BCUT2D eigenvalue weighted by atomic mass is 10.1. The van der Waals surface area contributed by atoms with Gasteiger partial charge in [-0.1, -0.05) is 42.8 Å². The summed E-state index contributed by atoms with van der Waals surface area (Å²) in [5.74, 6) is -0.340. The van der Waals surface area contributed by atoms with Gasteiger partial charge in [0.2, 0.25) is 10.0 Å². The van der Waals surface area contributed by atoms with Crippen LogP contribution in [0.1, 0.15) is 51.3 Å². The Kier molecular flexibility index (Phi) is 7.02. The molecule has 5 rings (SSSR count). The maximum Gasteiger partial charge on any atom is 0.257 e. The van der Waals surface area contributed by atoms with E-state index in [4.69, 9.17) is 0 Å². The molecule has 1 aromatic heterocycles. The van der Waals surface area contributed by atoms with Crippen molar-refractivity contribution in [3.63, 3.8) is 0 Å². The number of fused-ring (bicyclic) bond motifs is 1. The molecule has 3 heterocycles. The SMILES string of the molecule is Cc1ccc(C(=O)Nc2nc3c(s2)CN(Cc2ccccc2)CC3)cc1S(=O)(=O)N1CCCCC1. The first-order chi connectivity index (χ1) is 16.9. The molecule has 3 aromatic rings. The maximum absolute atomic E-state index is 13.2. The summed E-state index contributed by atoms with van der Waals surface area (Å²) < 4.78 is 28.0. The third-order valence-corrected chi connectivity index (χ3v) is 9.70. The van der Waals surface area contributed by atoms with Crippen LogP contribution in [0.15, 0.2) is 53.4 Å². The summed E-state index contributed by atoms with van der Waals surface area (Å²) >= 11 is 1.50. The minimum atomic E-state index is -3.62. The number of sulfonamides is 1. The van der Waals surface area contributed by atoms with Crippen LogP contribution in [0, 0.1) is 6.92 Å². The second-order valence-electron chi connectivity index (χ2n) is 9.23. The number of anilines is 1. The van der Waals surface area contributed by atoms with Crippen LogP contribution in [0.4, 0.5) is 5.13 Å². The first-order valence-electron chi connectivity index (χ1n) is 12.1. The minimum Gasteiger partial charge on any atom is -0.298 e. The van der Waals surface area contributed by atoms with E-state index in [2.05, 4.69) is 39.5 Å². The maximum atomic E-state index is 13.2. The first kappa shape index (κ1) is 24.1. The largest absolute Gasteiger partial charge is 0.298 e. The molecule has 0 unspecified atom stereocenters. The van der Waals surface area contributed by atoms with Crippen LogP contribution in [0.25, 0.3) is 0 Å². The molecule has 0 spiro atoms. The average molecular weight is 511 g/mol. The summed E-state index contributed by atoms with van der Waals surface area (Å²) in [6.45, 7) is 5.45. The number of aryl methyl sites for hydroxylation is 1. The highest BCUT2D eigenvalue weighted by Crippen LogP contribution is 2.30. The fraction of sp³-hybridized carbons (Fsp3) is 0.385. The molecule has 2 aromatic carbocycles. The number of rotatable bonds is 6. The summed E-state index contributed by atoms with van der Waals surface area (Å²) in [5, 5.41) is 3.46. The van der Waals surface area contributed by atoms with Crippen LogP contribution in [0.2, 0.25) is 0 Å². The zero-order chi connectivity index (χ0) is 24.4. The van der Waals surface area contributed by atoms with Crippen LogP contribution in [-0.4, -0.2) is 48.1 Å². The Hall–Kier alpha value is -2.59. The van der Waals surface area contributed by atoms with Gasteiger partial charge in [0.05, 0.1) is 10.6 Å². The number of carbonyl (C=O) groups is 1. The predicted octanol–water partition coefficient (Wildman–Crippen LogP) is 4.44. The molecule has 1 fully saturated rings. The second kappa shape index (κ2) is 10.2. The zero-order valence-electron chi connectivity index (χ0n) is 19.9. The van der Waals surface area contributed by atoms with Crippen LogP contribution < -0.4 is 5.32 Å². The molecule has 1 saturated heterocycles. The van der Waals surface area contributed by atoms with Gasteiger partial charge in [-0.05, 0) is 43.0 Å². The lowest BCUT2D eigenvalue weighted by Crippen LogP contribution is -2.36. The van der Waals surface area contributed by atoms with Crippen molar-refractivity contribution in [3.05, 3.63) is 75.8 Å². The molecular weight excluding hydrogens is 480 g/mol. The van der Waals surface area contributed by atoms with Gasteiger partial charge < -0.3 is 0 Å². The molecule has 0 saturated carbocycles. The highest BCUT2D eigenvalue weighted by Gasteiger charge is 2.28. The molecule has 184 valence electrons. The topological polar surface area (TPSA) is 82.6 Å². The molecule has 0 aliphatic carbocycles. The Labute approximate surface area is 210 Å². The van der Waals surface area contributed by atoms with Gasteiger partial charge in [-0.25, -0.2) is 13.4 Å². The molecule has 9 heteroatoms. The van der Waals surface area contributed by atoms with Crippen LogP contribution in [-0.2, 0) is 29.5 Å². The number of piperidine rings is 1. The number of aromatic nitrogens is 1. The number of nitrogens with one attached hydrogen (secondary N) is 1. The standard InChI is InChI=1S/C26H30N4O3S2/c1-19-10-11-21(16-24(19)35(32,33)30-13-6-3-7-14-30)25(31)28-26-27-22-12-15-29(18-23(22)34-26)17-20-8-4-2-5-9-20/h2,4-5,8-11,16H,3,6-7,12-15,17-18H2,1H3,(H,27,28,31). The van der Waals surface area contributed by atoms with E-state index in [1.807, 2.05) is 6.07 Å². The van der Waals surface area contributed by atoms with Gasteiger partial charge in [0.25, 0.3) is 5.91 Å². The van der Waals surface area contributed by atoms with Gasteiger partial charge in [0, 0.05) is 49.6 Å². The van der Waals surface area contributed by atoms with Crippen LogP contribution >= 0.6 is 11.3 Å². The minimum absolute atomic E-state index is 0.210. The highest BCUT2D eigenvalue weighted by atomic mass is 32.2. The van der Waals surface area contributed by atoms with E-state index >= 15 is 0 Å². The Balaban J connectivity index is 1.29. The number of thiazole rings is 1. The van der Waals surface area contributed by atoms with Crippen molar-refractivity contribution in [1.82, 2.24) is 14.2 Å². The van der Waals surface area contributed by atoms with Crippen molar-refractivity contribution in [2.75, 3.05) is 25.0 Å². The molecule has 7 nitrogen and oxygen atoms in total. The summed E-state index contributed by atoms with van der Waals surface area (Å²) in [6.07, 6.45) is 3.64. The highest BCUT2D eigenvalue weighted by molar-refractivity contribution is 7.89. The summed E-state index contributed by atoms with van der Waals surface area (Å²) in [5.41, 5.74) is 3.29. The summed E-state index contributed by atoms with van der Waals surface area (Å²) in [4.78, 5) is 21.5. The molecule has 35 heavy (non-hydrogen) atoms. The summed E-state index contributed by atoms with van der Waals surface area (Å²) in [7, 11) is -3.62. The molecule has 2 aliphatic heterocycles. The average Bonchev–Trinajstić information content (AvgIpc) is 3.27. The van der Waals surface area contributed by atoms with Crippen molar-refractivity contribution in [2.45, 2.75) is 50.6 Å². The monoisotopic (exact) mass is 510 g/mol. The number of benzene rings is 2. The molecular formula is C26H30N4O3S2. The predicted molar refractivity (Wildman–Crippen MR) is 138 cm³/mol. The smallest absolute Gasteiger partial charge is 0.257 e. The van der Waals surface area contributed by atoms with Crippen molar-refractivity contribution in [2.24, 2.45) is 0 Å². The lowest BCUT2D eigenvalue weighted by Gasteiger charge is -2.26. The van der Waals surface area contributed by atoms with Gasteiger partial charge in [0.1, 0.15) is 0 Å². The van der Waals surface area contributed by atoms with Crippen molar-refractivity contribution in [3.8, 4) is 0 Å². The first-order valence-corrected chi connectivity index (χ1v) is 14.3. The van der Waals surface area contributed by atoms with Crippen molar-refractivity contribution < 1.29 is 13.2 Å². The Bertz CT molecular complexity index is 1320. The second-order valence-corrected chi connectivity index (χ2v) is 12.2. The number of hydrogen-bond acceptors (Lipinski definition) is 6. The van der Waals surface area contributed by atoms with Gasteiger partial charge in [-0.3, -0.25) is 15.0 Å². The number of hydrogen-bond donors (Lipinski definition) is 1. The van der Waals surface area contributed by atoms with E-state index in [0.29, 0.717) is 29.3 Å². The molecule has 0 atom stereocenters. The van der Waals surface area contributed by atoms with E-state index in [9.17, 15) is 13.2 Å². The van der Waals surface area contributed by atoms with E-state index < -0.39 is 10.0 Å². The van der Waals surface area contributed by atoms with E-state index in [1.165, 1.54) is 32.1 Å². The van der Waals surface area contributed by atoms with E-state index in [1.54, 1.807) is 19.1 Å². The normalized spacial score (nSPS) is 17.2. The van der Waals surface area contributed by atoms with E-state index in [0.717, 1.165) is 51.0 Å². The Morgan fingerprint density at radius 3 is 2.60 bits per heavy atom. The van der Waals surface area contributed by atoms with Crippen molar-refractivity contribution in [1.29, 1.82) is 0 Å². The lowest BCUT2D eigenvalue weighted by molar-refractivity contribution is 0.102. The van der Waals surface area contributed by atoms with E-state index in [-0.39, 0.29) is 10.8 Å². The number of nitrogens with zero attached hydrogens (tertiary/aromatic N) is 3. The Morgan fingerprint density at radius 1 is 1.06 bits per heavy atom. The third-order valence-electron chi connectivity index (χ3n) is 6.66. The molecule has 0 bridgehead atoms. The van der Waals surface area contributed by atoms with Gasteiger partial charge in [-0.15, -0.1) is 11.3 Å². The number of carbonyl (C=O) groups excluding carboxylic acids is 1. The zero-order valence-corrected chi connectivity index (χ0v) is 21.5. The van der Waals surface area contributed by atoms with Gasteiger partial charge in [-0.2, -0.15) is 4.31 Å².